The summed E-state index contributed by atoms with van der Waals surface area (Å²) >= 11 is 0. The Morgan fingerprint density at radius 1 is 0.929 bits per heavy atom. The summed E-state index contributed by atoms with van der Waals surface area (Å²) < 4.78 is 11.1. The predicted octanol–water partition coefficient (Wildman–Crippen LogP) is 3.76. The van der Waals surface area contributed by atoms with E-state index in [0.717, 1.165) is 6.42 Å². The molecule has 0 unspecified atom stereocenters. The summed E-state index contributed by atoms with van der Waals surface area (Å²) in [6.07, 6.45) is 2.33. The Kier molecular flexibility index (Phi) is 5.33. The van der Waals surface area contributed by atoms with Gasteiger partial charge in [-0.05, 0) is 55.2 Å². The maximum atomic E-state index is 12.9. The predicted molar refractivity (Wildman–Crippen MR) is 106 cm³/mol. The fraction of sp³-hybridized carbons (Fsp3) is 0.391. The van der Waals surface area contributed by atoms with E-state index < -0.39 is 0 Å². The Morgan fingerprint density at radius 3 is 2.25 bits per heavy atom. The van der Waals surface area contributed by atoms with Gasteiger partial charge in [-0.1, -0.05) is 19.1 Å². The highest BCUT2D eigenvalue weighted by atomic mass is 16.6. The molecule has 2 aliphatic heterocycles. The molecular weight excluding hydrogens is 354 g/mol. The fourth-order valence-electron chi connectivity index (χ4n) is 3.84. The highest BCUT2D eigenvalue weighted by Gasteiger charge is 2.29. The van der Waals surface area contributed by atoms with Crippen LogP contribution in [0, 0.1) is 5.92 Å². The van der Waals surface area contributed by atoms with Crippen molar-refractivity contribution in [2.45, 2.75) is 26.2 Å². The number of carbonyl (C=O) groups is 2. The molecule has 0 bridgehead atoms. The number of aryl methyl sites for hydroxylation is 1. The lowest BCUT2D eigenvalue weighted by Gasteiger charge is -2.31. The molecule has 5 heteroatoms. The average molecular weight is 379 g/mol. The first-order chi connectivity index (χ1) is 13.7. The van der Waals surface area contributed by atoms with Gasteiger partial charge < -0.3 is 14.4 Å². The number of piperidine rings is 1. The van der Waals surface area contributed by atoms with Crippen molar-refractivity contribution in [1.82, 2.24) is 4.90 Å². The maximum absolute atomic E-state index is 12.9. The van der Waals surface area contributed by atoms with Gasteiger partial charge in [-0.15, -0.1) is 0 Å². The average Bonchev–Trinajstić information content (AvgIpc) is 2.78. The lowest BCUT2D eigenvalue weighted by atomic mass is 9.88. The van der Waals surface area contributed by atoms with Crippen molar-refractivity contribution in [1.29, 1.82) is 0 Å². The number of nitrogens with zero attached hydrogens (tertiary/aromatic N) is 1. The van der Waals surface area contributed by atoms with Crippen LogP contribution in [0.25, 0.3) is 0 Å². The largest absolute Gasteiger partial charge is 0.486 e. The molecule has 1 fully saturated rings. The van der Waals surface area contributed by atoms with Crippen molar-refractivity contribution in [3.8, 4) is 11.5 Å². The second-order valence-electron chi connectivity index (χ2n) is 7.34. The standard InChI is InChI=1S/C23H25NO4/c1-2-16-3-5-18(6-4-16)23(26)24-11-9-17(10-12-24)22(25)19-7-8-20-21(15-19)28-14-13-27-20/h3-8,15,17H,2,9-14H2,1H3. The molecule has 2 aliphatic rings. The molecule has 0 aromatic heterocycles. The van der Waals surface area contributed by atoms with Gasteiger partial charge in [0.2, 0.25) is 0 Å². The van der Waals surface area contributed by atoms with Crippen LogP contribution in [-0.2, 0) is 6.42 Å². The molecule has 2 heterocycles. The zero-order valence-corrected chi connectivity index (χ0v) is 16.1. The van der Waals surface area contributed by atoms with E-state index in [1.165, 1.54) is 5.56 Å². The highest BCUT2D eigenvalue weighted by Crippen LogP contribution is 2.32. The fourth-order valence-corrected chi connectivity index (χ4v) is 3.84. The molecule has 2 aromatic rings. The zero-order valence-electron chi connectivity index (χ0n) is 16.1. The van der Waals surface area contributed by atoms with E-state index >= 15 is 0 Å². The Hall–Kier alpha value is -2.82. The topological polar surface area (TPSA) is 55.8 Å². The third kappa shape index (κ3) is 3.75. The van der Waals surface area contributed by atoms with Gasteiger partial charge in [0, 0.05) is 30.1 Å². The van der Waals surface area contributed by atoms with Crippen molar-refractivity contribution in [3.05, 3.63) is 59.2 Å². The lowest BCUT2D eigenvalue weighted by Crippen LogP contribution is -2.40. The van der Waals surface area contributed by atoms with Gasteiger partial charge in [0.25, 0.3) is 5.91 Å². The van der Waals surface area contributed by atoms with Gasteiger partial charge in [-0.3, -0.25) is 9.59 Å². The summed E-state index contributed by atoms with van der Waals surface area (Å²) in [5.41, 5.74) is 2.60. The Morgan fingerprint density at radius 2 is 1.57 bits per heavy atom. The van der Waals surface area contributed by atoms with Crippen molar-refractivity contribution >= 4 is 11.7 Å². The molecule has 0 aliphatic carbocycles. The van der Waals surface area contributed by atoms with Crippen LogP contribution in [-0.4, -0.2) is 42.9 Å². The smallest absolute Gasteiger partial charge is 0.253 e. The first-order valence-corrected chi connectivity index (χ1v) is 9.98. The van der Waals surface area contributed by atoms with E-state index in [4.69, 9.17) is 9.47 Å². The van der Waals surface area contributed by atoms with Gasteiger partial charge in [0.15, 0.2) is 17.3 Å². The molecule has 0 saturated carbocycles. The van der Waals surface area contributed by atoms with Crippen LogP contribution in [0.3, 0.4) is 0 Å². The van der Waals surface area contributed by atoms with Crippen LogP contribution in [0.15, 0.2) is 42.5 Å². The summed E-state index contributed by atoms with van der Waals surface area (Å²) in [6.45, 7) is 4.35. The van der Waals surface area contributed by atoms with Gasteiger partial charge in [-0.2, -0.15) is 0 Å². The molecule has 1 amide bonds. The number of ether oxygens (including phenoxy) is 2. The number of fused-ring (bicyclic) bond motifs is 1. The monoisotopic (exact) mass is 379 g/mol. The number of benzene rings is 2. The van der Waals surface area contributed by atoms with Crippen molar-refractivity contribution in [2.75, 3.05) is 26.3 Å². The number of rotatable bonds is 4. The number of ketones is 1. The van der Waals surface area contributed by atoms with E-state index in [1.807, 2.05) is 35.2 Å². The summed E-state index contributed by atoms with van der Waals surface area (Å²) in [4.78, 5) is 27.5. The van der Waals surface area contributed by atoms with Crippen LogP contribution in [0.4, 0.5) is 0 Å². The van der Waals surface area contributed by atoms with Crippen LogP contribution in [0.2, 0.25) is 0 Å². The molecule has 2 aromatic carbocycles. The van der Waals surface area contributed by atoms with E-state index in [-0.39, 0.29) is 17.6 Å². The second-order valence-corrected chi connectivity index (χ2v) is 7.34. The normalized spacial score (nSPS) is 16.7. The number of hydrogen-bond acceptors (Lipinski definition) is 4. The first-order valence-electron chi connectivity index (χ1n) is 9.98. The molecular formula is C23H25NO4. The minimum atomic E-state index is -0.0610. The Labute approximate surface area is 165 Å². The molecule has 0 N–H and O–H groups in total. The third-order valence-electron chi connectivity index (χ3n) is 5.59. The summed E-state index contributed by atoms with van der Waals surface area (Å²) in [7, 11) is 0. The van der Waals surface area contributed by atoms with E-state index in [2.05, 4.69) is 6.92 Å². The SMILES string of the molecule is CCc1ccc(C(=O)N2CCC(C(=O)c3ccc4c(c3)OCCO4)CC2)cc1. The van der Waals surface area contributed by atoms with Gasteiger partial charge >= 0.3 is 0 Å². The van der Waals surface area contributed by atoms with Crippen LogP contribution >= 0.6 is 0 Å². The lowest BCUT2D eigenvalue weighted by molar-refractivity contribution is 0.0650. The molecule has 28 heavy (non-hydrogen) atoms. The summed E-state index contributed by atoms with van der Waals surface area (Å²) in [5, 5.41) is 0. The van der Waals surface area contributed by atoms with Gasteiger partial charge in [0.1, 0.15) is 13.2 Å². The molecule has 0 spiro atoms. The van der Waals surface area contributed by atoms with Crippen LogP contribution in [0.1, 0.15) is 46.0 Å². The molecule has 0 atom stereocenters. The Balaban J connectivity index is 1.38. The minimum absolute atomic E-state index is 0.0490. The van der Waals surface area contributed by atoms with Crippen molar-refractivity contribution in [2.24, 2.45) is 5.92 Å². The van der Waals surface area contributed by atoms with Crippen LogP contribution < -0.4 is 9.47 Å². The van der Waals surface area contributed by atoms with E-state index in [9.17, 15) is 9.59 Å². The van der Waals surface area contributed by atoms with Gasteiger partial charge in [-0.25, -0.2) is 0 Å². The maximum Gasteiger partial charge on any atom is 0.253 e. The number of Topliss-reactive ketones (excluding diaryl/α,β-unsaturated/α-hetero) is 1. The number of likely N-dealkylation sites (tertiary alicyclic amines) is 1. The molecule has 146 valence electrons. The third-order valence-corrected chi connectivity index (χ3v) is 5.59. The quantitative estimate of drug-likeness (QED) is 0.759. The number of amides is 1. The molecule has 4 rings (SSSR count). The summed E-state index contributed by atoms with van der Waals surface area (Å²) in [5.74, 6) is 1.44. The highest BCUT2D eigenvalue weighted by molar-refractivity contribution is 5.99. The minimum Gasteiger partial charge on any atom is -0.486 e. The van der Waals surface area contributed by atoms with Crippen molar-refractivity contribution < 1.29 is 19.1 Å². The molecule has 1 saturated heterocycles. The van der Waals surface area contributed by atoms with Crippen LogP contribution in [0.5, 0.6) is 11.5 Å². The number of hydrogen-bond donors (Lipinski definition) is 0. The van der Waals surface area contributed by atoms with E-state index in [1.54, 1.807) is 12.1 Å². The van der Waals surface area contributed by atoms with E-state index in [0.29, 0.717) is 61.8 Å². The zero-order chi connectivity index (χ0) is 19.5. The Bertz CT molecular complexity index is 867. The number of carbonyl (C=O) groups excluding carboxylic acids is 2. The summed E-state index contributed by atoms with van der Waals surface area (Å²) in [6, 6.07) is 13.2. The van der Waals surface area contributed by atoms with Gasteiger partial charge in [0.05, 0.1) is 0 Å². The van der Waals surface area contributed by atoms with Crippen molar-refractivity contribution in [3.63, 3.8) is 0 Å². The molecule has 0 radical (unpaired) electrons. The second kappa shape index (κ2) is 8.05. The molecule has 5 nitrogen and oxygen atoms in total. The first kappa shape index (κ1) is 18.5.